The first-order valence-corrected chi connectivity index (χ1v) is 7.61. The van der Waals surface area contributed by atoms with Crippen molar-refractivity contribution in [2.24, 2.45) is 5.41 Å². The predicted molar refractivity (Wildman–Crippen MR) is 72.4 cm³/mol. The van der Waals surface area contributed by atoms with Crippen molar-refractivity contribution in [3.8, 4) is 0 Å². The highest BCUT2D eigenvalue weighted by Crippen LogP contribution is 2.44. The number of ether oxygens (including phenoxy) is 1. The lowest BCUT2D eigenvalue weighted by atomic mass is 9.68. The van der Waals surface area contributed by atoms with Gasteiger partial charge >= 0.3 is 0 Å². The summed E-state index contributed by atoms with van der Waals surface area (Å²) in [6.45, 7) is 4.95. The fourth-order valence-electron chi connectivity index (χ4n) is 3.43. The minimum atomic E-state index is 0.189. The van der Waals surface area contributed by atoms with Gasteiger partial charge in [0.15, 0.2) is 0 Å². The minimum Gasteiger partial charge on any atom is -0.372 e. The van der Waals surface area contributed by atoms with Gasteiger partial charge in [0.2, 0.25) is 5.91 Å². The molecule has 0 aromatic carbocycles. The van der Waals surface area contributed by atoms with Crippen LogP contribution in [-0.2, 0) is 9.53 Å². The monoisotopic (exact) mass is 253 g/mol. The van der Waals surface area contributed by atoms with Crippen LogP contribution in [0.4, 0.5) is 0 Å². The number of likely N-dealkylation sites (tertiary alicyclic amines) is 1. The zero-order valence-corrected chi connectivity index (χ0v) is 11.7. The number of rotatable bonds is 4. The molecule has 1 aliphatic carbocycles. The highest BCUT2D eigenvalue weighted by atomic mass is 16.5. The molecule has 1 saturated heterocycles. The Labute approximate surface area is 111 Å². The molecule has 0 unspecified atom stereocenters. The number of nitrogens with zero attached hydrogens (tertiary/aromatic N) is 1. The first-order chi connectivity index (χ1) is 8.76. The summed E-state index contributed by atoms with van der Waals surface area (Å²) in [5, 5.41) is 0. The van der Waals surface area contributed by atoms with E-state index < -0.39 is 0 Å². The first-order valence-electron chi connectivity index (χ1n) is 7.61. The number of piperidine rings is 1. The lowest BCUT2D eigenvalue weighted by molar-refractivity contribution is -0.138. The number of carbonyl (C=O) groups is 1. The molecule has 18 heavy (non-hydrogen) atoms. The maximum atomic E-state index is 11.9. The molecule has 2 fully saturated rings. The van der Waals surface area contributed by atoms with Gasteiger partial charge in [-0.3, -0.25) is 4.79 Å². The van der Waals surface area contributed by atoms with Crippen LogP contribution in [0.2, 0.25) is 0 Å². The molecule has 1 aliphatic heterocycles. The normalized spacial score (nSPS) is 23.3. The van der Waals surface area contributed by atoms with E-state index in [4.69, 9.17) is 4.74 Å². The lowest BCUT2D eigenvalue weighted by Crippen LogP contribution is -2.45. The van der Waals surface area contributed by atoms with Crippen LogP contribution in [0.25, 0.3) is 0 Å². The summed E-state index contributed by atoms with van der Waals surface area (Å²) in [6.07, 6.45) is 10.4. The Morgan fingerprint density at radius 2 is 1.78 bits per heavy atom. The van der Waals surface area contributed by atoms with E-state index in [1.807, 2.05) is 4.90 Å². The van der Waals surface area contributed by atoms with Crippen LogP contribution >= 0.6 is 0 Å². The molecule has 1 spiro atoms. The van der Waals surface area contributed by atoms with Gasteiger partial charge in [0.1, 0.15) is 6.61 Å². The Morgan fingerprint density at radius 3 is 2.39 bits per heavy atom. The summed E-state index contributed by atoms with van der Waals surface area (Å²) in [4.78, 5) is 14.0. The van der Waals surface area contributed by atoms with Crippen LogP contribution in [0.3, 0.4) is 0 Å². The third-order valence-electron chi connectivity index (χ3n) is 4.67. The van der Waals surface area contributed by atoms with Gasteiger partial charge in [-0.05, 0) is 37.5 Å². The topological polar surface area (TPSA) is 29.5 Å². The third-order valence-corrected chi connectivity index (χ3v) is 4.67. The van der Waals surface area contributed by atoms with Gasteiger partial charge in [-0.1, -0.05) is 26.2 Å². The highest BCUT2D eigenvalue weighted by Gasteiger charge is 2.36. The van der Waals surface area contributed by atoms with E-state index in [1.54, 1.807) is 0 Å². The predicted octanol–water partition coefficient (Wildman–Crippen LogP) is 2.99. The standard InChI is InChI=1S/C15H27NO2/c1-2-12-18-13-14(17)16-10-8-15(9-11-16)6-4-3-5-7-15/h2-13H2,1H3. The Kier molecular flexibility index (Phi) is 5.04. The van der Waals surface area contributed by atoms with E-state index in [-0.39, 0.29) is 12.5 Å². The number of carbonyl (C=O) groups excluding carboxylic acids is 1. The van der Waals surface area contributed by atoms with Crippen molar-refractivity contribution in [1.82, 2.24) is 4.90 Å². The van der Waals surface area contributed by atoms with Gasteiger partial charge < -0.3 is 9.64 Å². The molecule has 104 valence electrons. The van der Waals surface area contributed by atoms with E-state index >= 15 is 0 Å². The molecule has 0 bridgehead atoms. The summed E-state index contributed by atoms with van der Waals surface area (Å²) >= 11 is 0. The molecular weight excluding hydrogens is 226 g/mol. The van der Waals surface area contributed by atoms with Crippen molar-refractivity contribution in [3.63, 3.8) is 0 Å². The van der Waals surface area contributed by atoms with E-state index in [2.05, 4.69) is 6.92 Å². The second-order valence-corrected chi connectivity index (χ2v) is 5.99. The van der Waals surface area contributed by atoms with E-state index in [1.165, 1.54) is 44.9 Å². The molecule has 0 radical (unpaired) electrons. The SMILES string of the molecule is CCCOCC(=O)N1CCC2(CCCCC2)CC1. The molecule has 2 aliphatic rings. The molecule has 1 heterocycles. The Morgan fingerprint density at radius 1 is 1.11 bits per heavy atom. The van der Waals surface area contributed by atoms with Gasteiger partial charge in [0.25, 0.3) is 0 Å². The van der Waals surface area contributed by atoms with Crippen LogP contribution in [0.15, 0.2) is 0 Å². The van der Waals surface area contributed by atoms with Crippen LogP contribution in [0.1, 0.15) is 58.3 Å². The molecule has 3 heteroatoms. The summed E-state index contributed by atoms with van der Waals surface area (Å²) in [6, 6.07) is 0. The van der Waals surface area contributed by atoms with Crippen molar-refractivity contribution >= 4 is 5.91 Å². The fraction of sp³-hybridized carbons (Fsp3) is 0.933. The molecular formula is C15H27NO2. The molecule has 1 amide bonds. The van der Waals surface area contributed by atoms with Crippen molar-refractivity contribution < 1.29 is 9.53 Å². The van der Waals surface area contributed by atoms with Crippen LogP contribution < -0.4 is 0 Å². The summed E-state index contributed by atoms with van der Waals surface area (Å²) in [5.74, 6) is 0.189. The Hall–Kier alpha value is -0.570. The molecule has 0 N–H and O–H groups in total. The third kappa shape index (κ3) is 3.47. The van der Waals surface area contributed by atoms with Gasteiger partial charge in [-0.2, -0.15) is 0 Å². The number of hydrogen-bond donors (Lipinski definition) is 0. The van der Waals surface area contributed by atoms with Gasteiger partial charge in [-0.15, -0.1) is 0 Å². The molecule has 0 atom stereocenters. The van der Waals surface area contributed by atoms with Crippen molar-refractivity contribution in [1.29, 1.82) is 0 Å². The smallest absolute Gasteiger partial charge is 0.248 e. The zero-order chi connectivity index (χ0) is 12.8. The highest BCUT2D eigenvalue weighted by molar-refractivity contribution is 5.77. The summed E-state index contributed by atoms with van der Waals surface area (Å²) in [5.41, 5.74) is 0.583. The Balaban J connectivity index is 1.73. The van der Waals surface area contributed by atoms with Gasteiger partial charge in [0, 0.05) is 19.7 Å². The van der Waals surface area contributed by atoms with Crippen molar-refractivity contribution in [3.05, 3.63) is 0 Å². The maximum absolute atomic E-state index is 11.9. The molecule has 0 aromatic rings. The van der Waals surface area contributed by atoms with Crippen LogP contribution in [0.5, 0.6) is 0 Å². The maximum Gasteiger partial charge on any atom is 0.248 e. The second kappa shape index (κ2) is 6.55. The van der Waals surface area contributed by atoms with E-state index in [0.717, 1.165) is 19.5 Å². The fourth-order valence-corrected chi connectivity index (χ4v) is 3.43. The Bertz CT molecular complexity index is 262. The average Bonchev–Trinajstić information content (AvgIpc) is 2.41. The van der Waals surface area contributed by atoms with Crippen molar-refractivity contribution in [2.75, 3.05) is 26.3 Å². The molecule has 3 nitrogen and oxygen atoms in total. The lowest BCUT2D eigenvalue weighted by Gasteiger charge is -2.44. The summed E-state index contributed by atoms with van der Waals surface area (Å²) in [7, 11) is 0. The van der Waals surface area contributed by atoms with Crippen LogP contribution in [-0.4, -0.2) is 37.1 Å². The van der Waals surface area contributed by atoms with E-state index in [9.17, 15) is 4.79 Å². The van der Waals surface area contributed by atoms with Crippen LogP contribution in [0, 0.1) is 5.41 Å². The molecule has 2 rings (SSSR count). The summed E-state index contributed by atoms with van der Waals surface area (Å²) < 4.78 is 5.34. The molecule has 0 aromatic heterocycles. The quantitative estimate of drug-likeness (QED) is 0.721. The van der Waals surface area contributed by atoms with Gasteiger partial charge in [0.05, 0.1) is 0 Å². The van der Waals surface area contributed by atoms with Gasteiger partial charge in [-0.25, -0.2) is 0 Å². The molecule has 1 saturated carbocycles. The van der Waals surface area contributed by atoms with E-state index in [0.29, 0.717) is 12.0 Å². The number of hydrogen-bond acceptors (Lipinski definition) is 2. The van der Waals surface area contributed by atoms with Crippen molar-refractivity contribution in [2.45, 2.75) is 58.3 Å². The largest absolute Gasteiger partial charge is 0.372 e. The average molecular weight is 253 g/mol. The second-order valence-electron chi connectivity index (χ2n) is 5.99. The number of amides is 1. The first kappa shape index (κ1) is 13.9. The zero-order valence-electron chi connectivity index (χ0n) is 11.7. The minimum absolute atomic E-state index is 0.189.